The van der Waals surface area contributed by atoms with Crippen LogP contribution in [0, 0.1) is 0 Å². The van der Waals surface area contributed by atoms with Gasteiger partial charge in [-0.05, 0) is 23.3 Å². The van der Waals surface area contributed by atoms with E-state index in [2.05, 4.69) is 20.4 Å². The predicted octanol–water partition coefficient (Wildman–Crippen LogP) is 3.28. The quantitative estimate of drug-likeness (QED) is 0.516. The first-order valence-electron chi connectivity index (χ1n) is 10.5. The summed E-state index contributed by atoms with van der Waals surface area (Å²) in [7, 11) is 1.45. The highest BCUT2D eigenvalue weighted by Gasteiger charge is 2.25. The molecule has 0 aliphatic carbocycles. The number of methoxy groups -OCH3 is 1. The smallest absolute Gasteiger partial charge is 0.251 e. The van der Waals surface area contributed by atoms with Gasteiger partial charge in [-0.3, -0.25) is 4.79 Å². The number of nitrogens with two attached hydrogens (primary N) is 1. The maximum atomic E-state index is 11.6. The third-order valence-corrected chi connectivity index (χ3v) is 5.01. The van der Waals surface area contributed by atoms with Crippen molar-refractivity contribution in [1.82, 2.24) is 9.97 Å². The van der Waals surface area contributed by atoms with Gasteiger partial charge in [0.2, 0.25) is 5.88 Å². The summed E-state index contributed by atoms with van der Waals surface area (Å²) in [6.45, 7) is 0.418. The van der Waals surface area contributed by atoms with Crippen LogP contribution in [0.25, 0.3) is 0 Å². The van der Waals surface area contributed by atoms with Gasteiger partial charge in [0.15, 0.2) is 6.10 Å². The maximum Gasteiger partial charge on any atom is 0.251 e. The minimum atomic E-state index is -0.322. The second-order valence-electron chi connectivity index (χ2n) is 7.56. The zero-order valence-electron chi connectivity index (χ0n) is 18.2. The molecule has 1 amide bonds. The van der Waals surface area contributed by atoms with E-state index in [-0.39, 0.29) is 24.4 Å². The van der Waals surface area contributed by atoms with Gasteiger partial charge in [0.1, 0.15) is 24.8 Å². The second-order valence-corrected chi connectivity index (χ2v) is 7.56. The Morgan fingerprint density at radius 1 is 1.15 bits per heavy atom. The summed E-state index contributed by atoms with van der Waals surface area (Å²) in [4.78, 5) is 25.8. The summed E-state index contributed by atoms with van der Waals surface area (Å²) in [6.07, 6.45) is 2.66. The molecule has 3 heterocycles. The molecule has 0 fully saturated rings. The molecule has 1 unspecified atom stereocenters. The highest BCUT2D eigenvalue weighted by molar-refractivity contribution is 5.91. The Bertz CT molecular complexity index is 1120. The molecule has 0 saturated heterocycles. The molecule has 9 heteroatoms. The largest absolute Gasteiger partial charge is 0.473 e. The first-order chi connectivity index (χ1) is 16.1. The number of anilines is 2. The first kappa shape index (κ1) is 22.2. The van der Waals surface area contributed by atoms with Crippen LogP contribution in [0.5, 0.6) is 5.88 Å². The van der Waals surface area contributed by atoms with Crippen LogP contribution >= 0.6 is 0 Å². The zero-order valence-corrected chi connectivity index (χ0v) is 18.2. The van der Waals surface area contributed by atoms with Crippen molar-refractivity contribution in [1.29, 1.82) is 0 Å². The number of benzene rings is 1. The van der Waals surface area contributed by atoms with E-state index in [0.717, 1.165) is 22.4 Å². The third-order valence-electron chi connectivity index (χ3n) is 5.01. The molecular weight excluding hydrogens is 422 g/mol. The van der Waals surface area contributed by atoms with Gasteiger partial charge in [-0.15, -0.1) is 0 Å². The molecule has 4 rings (SSSR count). The normalized spacial score (nSPS) is 14.9. The molecular formula is C24H25N5O4. The second kappa shape index (κ2) is 10.6. The van der Waals surface area contributed by atoms with Crippen LogP contribution < -0.4 is 15.8 Å². The van der Waals surface area contributed by atoms with Gasteiger partial charge in [0.25, 0.3) is 5.91 Å². The Morgan fingerprint density at radius 3 is 2.73 bits per heavy atom. The van der Waals surface area contributed by atoms with Crippen molar-refractivity contribution in [3.8, 4) is 5.88 Å². The highest BCUT2D eigenvalue weighted by atomic mass is 16.6. The summed E-state index contributed by atoms with van der Waals surface area (Å²) < 4.78 is 10.5. The number of rotatable bonds is 9. The number of nitrogen functional groups attached to an aromatic ring is 1. The monoisotopic (exact) mass is 447 g/mol. The van der Waals surface area contributed by atoms with E-state index in [9.17, 15) is 4.79 Å². The van der Waals surface area contributed by atoms with E-state index >= 15 is 0 Å². The Morgan fingerprint density at radius 2 is 2.00 bits per heavy atom. The average Bonchev–Trinajstić information content (AvgIpc) is 3.27. The fraction of sp³-hybridized carbons (Fsp3) is 0.250. The van der Waals surface area contributed by atoms with Gasteiger partial charge in [-0.2, -0.15) is 0 Å². The lowest BCUT2D eigenvalue weighted by molar-refractivity contribution is -0.119. The van der Waals surface area contributed by atoms with E-state index in [4.69, 9.17) is 20.0 Å². The minimum absolute atomic E-state index is 0.0543. The number of pyridine rings is 2. The van der Waals surface area contributed by atoms with Crippen molar-refractivity contribution in [2.75, 3.05) is 24.8 Å². The van der Waals surface area contributed by atoms with E-state index < -0.39 is 0 Å². The van der Waals surface area contributed by atoms with Gasteiger partial charge in [0, 0.05) is 37.8 Å². The van der Waals surface area contributed by atoms with Crippen molar-refractivity contribution in [2.45, 2.75) is 25.6 Å². The summed E-state index contributed by atoms with van der Waals surface area (Å²) in [6, 6.07) is 17.2. The molecule has 1 aliphatic heterocycles. The lowest BCUT2D eigenvalue weighted by Crippen LogP contribution is -2.18. The maximum absolute atomic E-state index is 11.6. The number of oxime groups is 1. The Hall–Kier alpha value is -3.98. The topological polar surface area (TPSA) is 121 Å². The summed E-state index contributed by atoms with van der Waals surface area (Å²) in [5, 5.41) is 6.84. The molecule has 0 radical (unpaired) electrons. The van der Waals surface area contributed by atoms with Gasteiger partial charge < -0.3 is 25.4 Å². The highest BCUT2D eigenvalue weighted by Crippen LogP contribution is 2.32. The van der Waals surface area contributed by atoms with Gasteiger partial charge in [-0.25, -0.2) is 9.97 Å². The minimum Gasteiger partial charge on any atom is -0.473 e. The number of hydrogen-bond acceptors (Lipinski definition) is 8. The van der Waals surface area contributed by atoms with Crippen molar-refractivity contribution >= 4 is 23.3 Å². The molecule has 1 atom stereocenters. The van der Waals surface area contributed by atoms with Crippen LogP contribution in [0.2, 0.25) is 0 Å². The van der Waals surface area contributed by atoms with Crippen molar-refractivity contribution < 1.29 is 19.1 Å². The van der Waals surface area contributed by atoms with Crippen LogP contribution in [0.4, 0.5) is 11.6 Å². The molecule has 3 N–H and O–H groups in total. The molecule has 0 spiro atoms. The summed E-state index contributed by atoms with van der Waals surface area (Å²) in [5.41, 5.74) is 9.79. The average molecular weight is 447 g/mol. The van der Waals surface area contributed by atoms with E-state index in [1.807, 2.05) is 42.5 Å². The number of carbonyl (C=O) groups excluding carboxylic acids is 1. The lowest BCUT2D eigenvalue weighted by Gasteiger charge is -2.12. The van der Waals surface area contributed by atoms with Gasteiger partial charge in [0.05, 0.1) is 5.71 Å². The fourth-order valence-corrected chi connectivity index (χ4v) is 3.40. The summed E-state index contributed by atoms with van der Waals surface area (Å²) in [5.74, 6) is 0.915. The Balaban J connectivity index is 1.29. The Labute approximate surface area is 191 Å². The van der Waals surface area contributed by atoms with Gasteiger partial charge in [-0.1, -0.05) is 41.6 Å². The molecule has 2 aromatic heterocycles. The molecule has 1 aromatic carbocycles. The molecule has 9 nitrogen and oxygen atoms in total. The molecule has 3 aromatic rings. The molecule has 1 aliphatic rings. The first-order valence-corrected chi connectivity index (χ1v) is 10.5. The fourth-order valence-electron chi connectivity index (χ4n) is 3.40. The number of amides is 1. The summed E-state index contributed by atoms with van der Waals surface area (Å²) >= 11 is 0. The molecule has 170 valence electrons. The number of nitrogens with zero attached hydrogens (tertiary/aromatic N) is 3. The van der Waals surface area contributed by atoms with E-state index in [0.29, 0.717) is 31.1 Å². The van der Waals surface area contributed by atoms with Gasteiger partial charge >= 0.3 is 0 Å². The van der Waals surface area contributed by atoms with Crippen LogP contribution in [0.15, 0.2) is 65.9 Å². The third kappa shape index (κ3) is 6.05. The van der Waals surface area contributed by atoms with Crippen molar-refractivity contribution in [3.63, 3.8) is 0 Å². The van der Waals surface area contributed by atoms with Crippen LogP contribution in [0.3, 0.4) is 0 Å². The standard InChI is InChI=1S/C24H25N5O4/c1-31-15-22(30)27-21-9-8-19(24(25)28-21)20-12-18(29-33-20)11-17-7-10-23(26-13-17)32-14-16-5-3-2-4-6-16/h2-10,13,20H,11-12,14-15H2,1H3,(H3,25,27,28,30). The van der Waals surface area contributed by atoms with Crippen LogP contribution in [-0.4, -0.2) is 35.3 Å². The van der Waals surface area contributed by atoms with Crippen LogP contribution in [-0.2, 0) is 27.4 Å². The van der Waals surface area contributed by atoms with Crippen molar-refractivity contribution in [3.05, 3.63) is 77.5 Å². The van der Waals surface area contributed by atoms with E-state index in [1.54, 1.807) is 18.3 Å². The van der Waals surface area contributed by atoms with Crippen LogP contribution in [0.1, 0.15) is 29.2 Å². The van der Waals surface area contributed by atoms with E-state index in [1.165, 1.54) is 7.11 Å². The Kier molecular flexibility index (Phi) is 7.11. The number of carbonyl (C=O) groups is 1. The number of hydrogen-bond donors (Lipinski definition) is 2. The zero-order chi connectivity index (χ0) is 23.0. The molecule has 0 saturated carbocycles. The SMILES string of the molecule is COCC(=O)Nc1ccc(C2CC(Cc3ccc(OCc4ccccc4)nc3)=NO2)c(N)n1. The predicted molar refractivity (Wildman–Crippen MR) is 124 cm³/mol. The number of aromatic nitrogens is 2. The lowest BCUT2D eigenvalue weighted by atomic mass is 10.0. The molecule has 33 heavy (non-hydrogen) atoms. The molecule has 0 bridgehead atoms. The number of nitrogens with one attached hydrogen (secondary N) is 1. The van der Waals surface area contributed by atoms with Crippen molar-refractivity contribution in [2.24, 2.45) is 5.16 Å². The number of ether oxygens (including phenoxy) is 2.